The van der Waals surface area contributed by atoms with E-state index in [1.807, 2.05) is 22.9 Å². The molecule has 182 valence electrons. The zero-order valence-corrected chi connectivity index (χ0v) is 22.4. The van der Waals surface area contributed by atoms with Crippen molar-refractivity contribution in [2.75, 3.05) is 13.1 Å². The smallest absolute Gasteiger partial charge is 0.283 e. The van der Waals surface area contributed by atoms with Crippen molar-refractivity contribution in [3.8, 4) is 5.75 Å². The maximum absolute atomic E-state index is 13.4. The molecule has 0 bridgehead atoms. The van der Waals surface area contributed by atoms with E-state index in [2.05, 4.69) is 65.3 Å². The molecular weight excluding hydrogens is 432 g/mol. The Bertz CT molecular complexity index is 1030. The van der Waals surface area contributed by atoms with Gasteiger partial charge in [-0.2, -0.15) is 10.1 Å². The average Bonchev–Trinajstić information content (AvgIpc) is 3.10. The minimum absolute atomic E-state index is 0.0883. The van der Waals surface area contributed by atoms with Crippen molar-refractivity contribution in [3.05, 3.63) is 39.1 Å². The highest BCUT2D eigenvalue weighted by Gasteiger charge is 2.36. The highest BCUT2D eigenvalue weighted by molar-refractivity contribution is 7.09. The van der Waals surface area contributed by atoms with E-state index in [0.29, 0.717) is 16.1 Å². The van der Waals surface area contributed by atoms with Crippen LogP contribution < -0.4 is 9.54 Å². The molecule has 1 aromatic carbocycles. The summed E-state index contributed by atoms with van der Waals surface area (Å²) in [5.41, 5.74) is 1.68. The Kier molecular flexibility index (Phi) is 7.84. The Morgan fingerprint density at radius 1 is 1.18 bits per heavy atom. The summed E-state index contributed by atoms with van der Waals surface area (Å²) in [6.45, 7) is 19.8. The number of nitrogens with zero attached hydrogens (tertiary/aromatic N) is 4. The van der Waals surface area contributed by atoms with Crippen LogP contribution in [0, 0.1) is 0 Å². The van der Waals surface area contributed by atoms with E-state index in [9.17, 15) is 4.79 Å². The molecule has 1 amide bonds. The second-order valence-corrected chi connectivity index (χ2v) is 11.9. The molecule has 6 nitrogen and oxygen atoms in total. The number of carbonyl (C=O) groups excluding carboxylic acids is 1. The van der Waals surface area contributed by atoms with Gasteiger partial charge in [-0.1, -0.05) is 58.4 Å². The zero-order chi connectivity index (χ0) is 24.4. The first-order chi connectivity index (χ1) is 15.4. The van der Waals surface area contributed by atoms with Gasteiger partial charge in [0.1, 0.15) is 16.9 Å². The Morgan fingerprint density at radius 3 is 2.45 bits per heavy atom. The van der Waals surface area contributed by atoms with Crippen LogP contribution in [0.25, 0.3) is 0 Å². The molecule has 1 saturated heterocycles. The summed E-state index contributed by atoms with van der Waals surface area (Å²) in [5.74, 6) is 0.363. The van der Waals surface area contributed by atoms with Crippen LogP contribution in [0.1, 0.15) is 89.2 Å². The summed E-state index contributed by atoms with van der Waals surface area (Å²) in [5, 5.41) is 5.76. The number of aryl methyl sites for hydroxylation is 2. The van der Waals surface area contributed by atoms with Gasteiger partial charge >= 0.3 is 0 Å². The van der Waals surface area contributed by atoms with Crippen LogP contribution in [-0.4, -0.2) is 45.3 Å². The minimum atomic E-state index is -0.262. The number of rotatable bonds is 7. The number of amides is 1. The van der Waals surface area contributed by atoms with E-state index in [1.54, 1.807) is 0 Å². The summed E-state index contributed by atoms with van der Waals surface area (Å²) in [6.07, 6.45) is 3.01. The van der Waals surface area contributed by atoms with Gasteiger partial charge in [0.05, 0.1) is 5.56 Å². The first-order valence-electron chi connectivity index (χ1n) is 12.1. The van der Waals surface area contributed by atoms with Gasteiger partial charge in [-0.25, -0.2) is 4.68 Å². The van der Waals surface area contributed by atoms with Crippen LogP contribution >= 0.6 is 11.3 Å². The molecule has 7 heteroatoms. The maximum Gasteiger partial charge on any atom is 0.283 e. The van der Waals surface area contributed by atoms with Gasteiger partial charge in [-0.3, -0.25) is 9.69 Å². The van der Waals surface area contributed by atoms with Gasteiger partial charge in [-0.05, 0) is 51.3 Å². The molecule has 0 N–H and O–H groups in total. The number of benzene rings is 1. The summed E-state index contributed by atoms with van der Waals surface area (Å²) in [4.78, 5) is 21.0. The lowest BCUT2D eigenvalue weighted by molar-refractivity contribution is -0.0352. The number of carbonyl (C=O) groups is 1. The van der Waals surface area contributed by atoms with E-state index in [-0.39, 0.29) is 23.0 Å². The molecule has 0 radical (unpaired) electrons. The number of hydrogen-bond acceptors (Lipinski definition) is 5. The first kappa shape index (κ1) is 25.6. The fraction of sp³-hybridized carbons (Fsp3) is 0.654. The van der Waals surface area contributed by atoms with Crippen LogP contribution in [0.2, 0.25) is 0 Å². The van der Waals surface area contributed by atoms with Gasteiger partial charge in [-0.15, -0.1) is 0 Å². The lowest BCUT2D eigenvalue weighted by atomic mass is 9.98. The Hall–Kier alpha value is -1.99. The lowest BCUT2D eigenvalue weighted by Crippen LogP contribution is -2.60. The fourth-order valence-electron chi connectivity index (χ4n) is 3.60. The molecule has 0 unspecified atom stereocenters. The Morgan fingerprint density at radius 2 is 1.88 bits per heavy atom. The molecule has 2 heterocycles. The van der Waals surface area contributed by atoms with Gasteiger partial charge in [0.15, 0.2) is 0 Å². The largest absolute Gasteiger partial charge is 0.487 e. The third kappa shape index (κ3) is 6.33. The molecule has 3 rings (SSSR count). The number of aromatic nitrogens is 2. The Labute approximate surface area is 202 Å². The van der Waals surface area contributed by atoms with Crippen molar-refractivity contribution in [1.29, 1.82) is 0 Å². The molecule has 1 aliphatic heterocycles. The van der Waals surface area contributed by atoms with Crippen molar-refractivity contribution >= 4 is 17.2 Å². The minimum Gasteiger partial charge on any atom is -0.487 e. The number of unbranched alkanes of at least 4 members (excludes halogenated alkanes) is 1. The van der Waals surface area contributed by atoms with Gasteiger partial charge in [0.2, 0.25) is 4.80 Å². The van der Waals surface area contributed by atoms with E-state index in [4.69, 9.17) is 9.84 Å². The number of hydrogen-bond donors (Lipinski definition) is 0. The van der Waals surface area contributed by atoms with Crippen LogP contribution in [0.3, 0.4) is 0 Å². The van der Waals surface area contributed by atoms with Crippen LogP contribution in [0.5, 0.6) is 5.75 Å². The molecule has 33 heavy (non-hydrogen) atoms. The van der Waals surface area contributed by atoms with Crippen molar-refractivity contribution in [2.45, 2.75) is 98.3 Å². The summed E-state index contributed by atoms with van der Waals surface area (Å²) in [7, 11) is 0. The van der Waals surface area contributed by atoms with E-state index >= 15 is 0 Å². The predicted octanol–water partition coefficient (Wildman–Crippen LogP) is 5.21. The normalized spacial score (nSPS) is 16.2. The third-order valence-electron chi connectivity index (χ3n) is 5.96. The fourth-order valence-corrected chi connectivity index (χ4v) is 4.59. The van der Waals surface area contributed by atoms with Crippen molar-refractivity contribution < 1.29 is 9.53 Å². The van der Waals surface area contributed by atoms with Gasteiger partial charge < -0.3 is 4.74 Å². The summed E-state index contributed by atoms with van der Waals surface area (Å²) >= 11 is 1.51. The van der Waals surface area contributed by atoms with E-state index in [1.165, 1.54) is 11.3 Å². The molecule has 0 atom stereocenters. The van der Waals surface area contributed by atoms with Gasteiger partial charge in [0, 0.05) is 30.6 Å². The van der Waals surface area contributed by atoms with Crippen molar-refractivity contribution in [3.63, 3.8) is 0 Å². The number of ether oxygens (including phenoxy) is 1. The molecule has 0 saturated carbocycles. The quantitative estimate of drug-likeness (QED) is 0.555. The summed E-state index contributed by atoms with van der Waals surface area (Å²) < 4.78 is 8.17. The lowest BCUT2D eigenvalue weighted by Gasteiger charge is -2.47. The maximum atomic E-state index is 13.4. The van der Waals surface area contributed by atoms with Crippen LogP contribution in [0.15, 0.2) is 23.2 Å². The number of likely N-dealkylation sites (tertiary alicyclic amines) is 1. The molecule has 1 aromatic heterocycles. The topological polar surface area (TPSA) is 59.7 Å². The van der Waals surface area contributed by atoms with E-state index < -0.39 is 0 Å². The standard InChI is InChI=1S/C26H40N4O2S/c1-9-11-14-30-24(33-23(28-30)25(3,4)5)27-22(31)20-15-18(10-2)12-13-21(20)32-19-16-29(17-19)26(6,7)8/h12-13,15,19H,9-11,14,16-17H2,1-8H3. The molecule has 0 spiro atoms. The van der Waals surface area contributed by atoms with Crippen LogP contribution in [-0.2, 0) is 18.4 Å². The predicted molar refractivity (Wildman–Crippen MR) is 135 cm³/mol. The Balaban J connectivity index is 1.92. The average molecular weight is 473 g/mol. The molecule has 2 aromatic rings. The second kappa shape index (κ2) is 10.1. The molecule has 1 fully saturated rings. The summed E-state index contributed by atoms with van der Waals surface area (Å²) in [6, 6.07) is 5.90. The third-order valence-corrected chi connectivity index (χ3v) is 7.33. The van der Waals surface area contributed by atoms with Crippen LogP contribution in [0.4, 0.5) is 0 Å². The van der Waals surface area contributed by atoms with E-state index in [0.717, 1.165) is 49.5 Å². The highest BCUT2D eigenvalue weighted by Crippen LogP contribution is 2.28. The molecular formula is C26H40N4O2S. The highest BCUT2D eigenvalue weighted by atomic mass is 32.1. The molecule has 0 aliphatic carbocycles. The molecule has 1 aliphatic rings. The van der Waals surface area contributed by atoms with Crippen molar-refractivity contribution in [1.82, 2.24) is 14.7 Å². The van der Waals surface area contributed by atoms with Crippen molar-refractivity contribution in [2.24, 2.45) is 4.99 Å². The second-order valence-electron chi connectivity index (χ2n) is 10.9. The van der Waals surface area contributed by atoms with Gasteiger partial charge in [0.25, 0.3) is 5.91 Å². The zero-order valence-electron chi connectivity index (χ0n) is 21.6. The SMILES string of the molecule is CCCCn1nc(C(C)(C)C)sc1=NC(=O)c1cc(CC)ccc1OC1CN(C(C)(C)C)C1. The monoisotopic (exact) mass is 472 g/mol. The first-order valence-corrected chi connectivity index (χ1v) is 13.0.